The van der Waals surface area contributed by atoms with Gasteiger partial charge in [-0.3, -0.25) is 0 Å². The fraction of sp³-hybridized carbons (Fsp3) is 0.154. The molecular formula is C13H12FNO3. The average molecular weight is 249 g/mol. The Morgan fingerprint density at radius 2 is 2.11 bits per heavy atom. The highest BCUT2D eigenvalue weighted by Crippen LogP contribution is 2.30. The van der Waals surface area contributed by atoms with Crippen LogP contribution in [0, 0.1) is 5.95 Å². The first-order chi connectivity index (χ1) is 8.69. The Kier molecular flexibility index (Phi) is 3.74. The van der Waals surface area contributed by atoms with Crippen LogP contribution in [0.15, 0.2) is 36.4 Å². The second-order valence-corrected chi connectivity index (χ2v) is 3.64. The van der Waals surface area contributed by atoms with Crippen molar-refractivity contribution in [3.8, 4) is 17.4 Å². The van der Waals surface area contributed by atoms with E-state index in [2.05, 4.69) is 4.98 Å². The number of phenolic OH excluding ortho intramolecular Hbond substituents is 1. The van der Waals surface area contributed by atoms with Gasteiger partial charge in [0.1, 0.15) is 0 Å². The molecule has 0 aliphatic carbocycles. The smallest absolute Gasteiger partial charge is 0.222 e. The molecule has 0 aliphatic heterocycles. The molecule has 1 heterocycles. The third-order valence-electron chi connectivity index (χ3n) is 2.24. The van der Waals surface area contributed by atoms with Gasteiger partial charge in [0.25, 0.3) is 0 Å². The largest absolute Gasteiger partial charge is 0.504 e. The van der Waals surface area contributed by atoms with E-state index in [0.29, 0.717) is 6.61 Å². The maximum atomic E-state index is 12.9. The zero-order valence-electron chi connectivity index (χ0n) is 9.76. The predicted molar refractivity (Wildman–Crippen MR) is 63.1 cm³/mol. The van der Waals surface area contributed by atoms with Gasteiger partial charge in [0, 0.05) is 13.2 Å². The number of benzene rings is 1. The molecule has 0 saturated carbocycles. The second kappa shape index (κ2) is 5.46. The Labute approximate surface area is 104 Å². The SMILES string of the molecule is COCc1ccc(Oc2cccc(F)n2)c(O)c1. The predicted octanol–water partition coefficient (Wildman–Crippen LogP) is 2.87. The van der Waals surface area contributed by atoms with E-state index in [4.69, 9.17) is 9.47 Å². The topological polar surface area (TPSA) is 51.6 Å². The zero-order valence-corrected chi connectivity index (χ0v) is 9.76. The van der Waals surface area contributed by atoms with E-state index in [1.54, 1.807) is 19.2 Å². The van der Waals surface area contributed by atoms with Gasteiger partial charge < -0.3 is 14.6 Å². The quantitative estimate of drug-likeness (QED) is 0.846. The molecule has 0 amide bonds. The standard InChI is InChI=1S/C13H12FNO3/c1-17-8-9-5-6-11(10(16)7-9)18-13-4-2-3-12(14)15-13/h2-7,16H,8H2,1H3. The van der Waals surface area contributed by atoms with Crippen molar-refractivity contribution >= 4 is 0 Å². The lowest BCUT2D eigenvalue weighted by molar-refractivity contribution is 0.184. The second-order valence-electron chi connectivity index (χ2n) is 3.64. The van der Waals surface area contributed by atoms with Crippen LogP contribution in [0.25, 0.3) is 0 Å². The van der Waals surface area contributed by atoms with Crippen molar-refractivity contribution in [2.24, 2.45) is 0 Å². The summed E-state index contributed by atoms with van der Waals surface area (Å²) in [5, 5.41) is 9.75. The molecule has 0 fully saturated rings. The van der Waals surface area contributed by atoms with Gasteiger partial charge in [-0.1, -0.05) is 12.1 Å². The molecule has 18 heavy (non-hydrogen) atoms. The molecule has 4 nitrogen and oxygen atoms in total. The van der Waals surface area contributed by atoms with E-state index in [0.717, 1.165) is 5.56 Å². The van der Waals surface area contributed by atoms with Crippen LogP contribution in [0.3, 0.4) is 0 Å². The van der Waals surface area contributed by atoms with Gasteiger partial charge in [-0.05, 0) is 23.8 Å². The van der Waals surface area contributed by atoms with Gasteiger partial charge in [0.15, 0.2) is 11.5 Å². The third-order valence-corrected chi connectivity index (χ3v) is 2.24. The summed E-state index contributed by atoms with van der Waals surface area (Å²) in [5.41, 5.74) is 0.814. The Bertz CT molecular complexity index is 546. The average Bonchev–Trinajstić information content (AvgIpc) is 2.33. The highest BCUT2D eigenvalue weighted by molar-refractivity contribution is 5.43. The van der Waals surface area contributed by atoms with E-state index >= 15 is 0 Å². The van der Waals surface area contributed by atoms with Crippen molar-refractivity contribution in [2.45, 2.75) is 6.61 Å². The van der Waals surface area contributed by atoms with E-state index in [9.17, 15) is 9.50 Å². The van der Waals surface area contributed by atoms with Crippen LogP contribution in [0.5, 0.6) is 17.4 Å². The number of aromatic hydroxyl groups is 1. The summed E-state index contributed by atoms with van der Waals surface area (Å²) in [7, 11) is 1.57. The van der Waals surface area contributed by atoms with E-state index < -0.39 is 5.95 Å². The molecule has 0 radical (unpaired) electrons. The summed E-state index contributed by atoms with van der Waals surface area (Å²) in [6.07, 6.45) is 0. The van der Waals surface area contributed by atoms with Crippen LogP contribution in [0.4, 0.5) is 4.39 Å². The van der Waals surface area contributed by atoms with Gasteiger partial charge in [-0.25, -0.2) is 0 Å². The number of halogens is 1. The molecule has 2 rings (SSSR count). The summed E-state index contributed by atoms with van der Waals surface area (Å²) in [6.45, 7) is 0.395. The number of aromatic nitrogens is 1. The first-order valence-electron chi connectivity index (χ1n) is 5.30. The minimum atomic E-state index is -0.636. The van der Waals surface area contributed by atoms with Gasteiger partial charge >= 0.3 is 0 Å². The number of ether oxygens (including phenoxy) is 2. The molecule has 0 aliphatic rings. The fourth-order valence-electron chi connectivity index (χ4n) is 1.46. The summed E-state index contributed by atoms with van der Waals surface area (Å²) >= 11 is 0. The summed E-state index contributed by atoms with van der Waals surface area (Å²) in [5.74, 6) is -0.378. The molecule has 0 atom stereocenters. The molecule has 0 bridgehead atoms. The highest BCUT2D eigenvalue weighted by Gasteiger charge is 2.06. The number of hydrogen-bond acceptors (Lipinski definition) is 4. The Balaban J connectivity index is 2.19. The molecule has 0 unspecified atom stereocenters. The monoisotopic (exact) mass is 249 g/mol. The van der Waals surface area contributed by atoms with E-state index in [-0.39, 0.29) is 17.4 Å². The van der Waals surface area contributed by atoms with Gasteiger partial charge in [0.05, 0.1) is 6.61 Å². The molecule has 1 N–H and O–H groups in total. The van der Waals surface area contributed by atoms with E-state index in [1.807, 2.05) is 0 Å². The highest BCUT2D eigenvalue weighted by atomic mass is 19.1. The van der Waals surface area contributed by atoms with Crippen molar-refractivity contribution in [1.82, 2.24) is 4.98 Å². The van der Waals surface area contributed by atoms with Crippen molar-refractivity contribution in [3.05, 3.63) is 47.9 Å². The van der Waals surface area contributed by atoms with Crippen molar-refractivity contribution in [3.63, 3.8) is 0 Å². The maximum Gasteiger partial charge on any atom is 0.222 e. The summed E-state index contributed by atoms with van der Waals surface area (Å²) in [4.78, 5) is 3.54. The Morgan fingerprint density at radius 3 is 2.78 bits per heavy atom. The minimum Gasteiger partial charge on any atom is -0.504 e. The van der Waals surface area contributed by atoms with Crippen molar-refractivity contribution < 1.29 is 19.0 Å². The Hall–Kier alpha value is -2.14. The molecule has 0 spiro atoms. The van der Waals surface area contributed by atoms with Crippen molar-refractivity contribution in [2.75, 3.05) is 7.11 Å². The van der Waals surface area contributed by atoms with Gasteiger partial charge in [-0.2, -0.15) is 9.37 Å². The third kappa shape index (κ3) is 2.95. The van der Waals surface area contributed by atoms with Crippen LogP contribution in [-0.4, -0.2) is 17.2 Å². The van der Waals surface area contributed by atoms with Gasteiger partial charge in [0.2, 0.25) is 11.8 Å². The summed E-state index contributed by atoms with van der Waals surface area (Å²) < 4.78 is 23.1. The first kappa shape index (κ1) is 12.3. The lowest BCUT2D eigenvalue weighted by Gasteiger charge is -2.08. The normalized spacial score (nSPS) is 10.3. The molecule has 0 saturated heterocycles. The van der Waals surface area contributed by atoms with E-state index in [1.165, 1.54) is 24.3 Å². The fourth-order valence-corrected chi connectivity index (χ4v) is 1.46. The van der Waals surface area contributed by atoms with Crippen LogP contribution < -0.4 is 4.74 Å². The zero-order chi connectivity index (χ0) is 13.0. The number of methoxy groups -OCH3 is 1. The minimum absolute atomic E-state index is 0.0457. The number of nitrogens with zero attached hydrogens (tertiary/aromatic N) is 1. The van der Waals surface area contributed by atoms with Gasteiger partial charge in [-0.15, -0.1) is 0 Å². The van der Waals surface area contributed by atoms with Crippen LogP contribution >= 0.6 is 0 Å². The van der Waals surface area contributed by atoms with Crippen molar-refractivity contribution in [1.29, 1.82) is 0 Å². The number of pyridine rings is 1. The lowest BCUT2D eigenvalue weighted by Crippen LogP contribution is -1.92. The van der Waals surface area contributed by atoms with Crippen LogP contribution in [0.2, 0.25) is 0 Å². The first-order valence-corrected chi connectivity index (χ1v) is 5.30. The summed E-state index contributed by atoms with van der Waals surface area (Å²) in [6, 6.07) is 9.06. The molecule has 5 heteroatoms. The lowest BCUT2D eigenvalue weighted by atomic mass is 10.2. The van der Waals surface area contributed by atoms with Crippen LogP contribution in [-0.2, 0) is 11.3 Å². The number of rotatable bonds is 4. The van der Waals surface area contributed by atoms with Crippen LogP contribution in [0.1, 0.15) is 5.56 Å². The maximum absolute atomic E-state index is 12.9. The number of hydrogen-bond donors (Lipinski definition) is 1. The number of phenols is 1. The molecule has 1 aromatic heterocycles. The Morgan fingerprint density at radius 1 is 1.28 bits per heavy atom. The molecule has 1 aromatic carbocycles. The molecule has 2 aromatic rings. The molecular weight excluding hydrogens is 237 g/mol. The molecule has 94 valence electrons.